The molecule has 39 heavy (non-hydrogen) atoms. The average Bonchev–Trinajstić information content (AvgIpc) is 2.88. The van der Waals surface area contributed by atoms with Crippen LogP contribution in [-0.4, -0.2) is 58.2 Å². The van der Waals surface area contributed by atoms with E-state index in [-0.39, 0.29) is 23.2 Å². The maximum absolute atomic E-state index is 14.6. The van der Waals surface area contributed by atoms with Crippen LogP contribution in [0.2, 0.25) is 0 Å². The molecule has 0 bridgehead atoms. The van der Waals surface area contributed by atoms with E-state index in [1.807, 2.05) is 0 Å². The van der Waals surface area contributed by atoms with Crippen LogP contribution in [0.3, 0.4) is 0 Å². The van der Waals surface area contributed by atoms with Gasteiger partial charge in [-0.2, -0.15) is 18.3 Å². The third-order valence-corrected chi connectivity index (χ3v) is 5.56. The van der Waals surface area contributed by atoms with Crippen LogP contribution in [-0.2, 0) is 6.18 Å². The number of aromatic nitrogens is 4. The van der Waals surface area contributed by atoms with Crippen molar-refractivity contribution in [3.05, 3.63) is 69.5 Å². The Bertz CT molecular complexity index is 1390. The molecule has 1 aromatic carbocycles. The number of hydrogen-bond acceptors (Lipinski definition) is 8. The van der Waals surface area contributed by atoms with Crippen molar-refractivity contribution < 1.29 is 36.2 Å². The highest BCUT2D eigenvalue weighted by atomic mass is 19.4. The molecule has 0 spiro atoms. The van der Waals surface area contributed by atoms with E-state index in [2.05, 4.69) is 15.1 Å². The predicted octanol–water partition coefficient (Wildman–Crippen LogP) is 4.50. The normalized spacial score (nSPS) is 12.4. The molecule has 9 nitrogen and oxygen atoms in total. The maximum atomic E-state index is 14.6. The number of H-pyrrole nitrogens is 1. The van der Waals surface area contributed by atoms with Gasteiger partial charge in [0.2, 0.25) is 0 Å². The van der Waals surface area contributed by atoms with Gasteiger partial charge in [-0.3, -0.25) is 9.59 Å². The van der Waals surface area contributed by atoms with Gasteiger partial charge in [0.1, 0.15) is 0 Å². The Morgan fingerprint density at radius 1 is 1.15 bits per heavy atom. The first-order chi connectivity index (χ1) is 18.5. The summed E-state index contributed by atoms with van der Waals surface area (Å²) in [7, 11) is 3.08. The van der Waals surface area contributed by atoms with Gasteiger partial charge in [0.25, 0.3) is 5.56 Å². The number of benzene rings is 1. The standard InChI is InChI=1S/C25H24F5N5O4/c1-14(39-19-12-33-34-24(37)20(19)25(28,29)30)5-4-7-35(2)8-6-15-9-17(21(26)22(27)18(15)13-36)23-31-10-16(38-3)11-32-23/h6,8-14H,4-5,7H2,1-3H3,(H,34,37)/b8-6-. The van der Waals surface area contributed by atoms with Crippen LogP contribution >= 0.6 is 0 Å². The van der Waals surface area contributed by atoms with Gasteiger partial charge >= 0.3 is 6.18 Å². The second-order valence-electron chi connectivity index (χ2n) is 8.42. The van der Waals surface area contributed by atoms with E-state index in [1.165, 1.54) is 37.8 Å². The van der Waals surface area contributed by atoms with Gasteiger partial charge in [-0.1, -0.05) is 0 Å². The Morgan fingerprint density at radius 3 is 2.46 bits per heavy atom. The first kappa shape index (κ1) is 29.2. The minimum atomic E-state index is -4.91. The number of methoxy groups -OCH3 is 1. The maximum Gasteiger partial charge on any atom is 0.425 e. The molecule has 0 radical (unpaired) electrons. The summed E-state index contributed by atoms with van der Waals surface area (Å²) in [5, 5.41) is 5.10. The molecular formula is C25H24F5N5O4. The smallest absolute Gasteiger partial charge is 0.425 e. The van der Waals surface area contributed by atoms with Crippen LogP contribution in [0.4, 0.5) is 22.0 Å². The Morgan fingerprint density at radius 2 is 1.85 bits per heavy atom. The minimum Gasteiger partial charge on any atom is -0.494 e. The topological polar surface area (TPSA) is 110 Å². The van der Waals surface area contributed by atoms with E-state index in [0.29, 0.717) is 25.1 Å². The van der Waals surface area contributed by atoms with Crippen LogP contribution in [0.1, 0.15) is 41.3 Å². The number of nitrogens with one attached hydrogen (secondary N) is 1. The number of rotatable bonds is 11. The van der Waals surface area contributed by atoms with Crippen LogP contribution in [0, 0.1) is 11.6 Å². The molecule has 1 N–H and O–H groups in total. The molecule has 14 heteroatoms. The number of aromatic amines is 1. The monoisotopic (exact) mass is 553 g/mol. The first-order valence-corrected chi connectivity index (χ1v) is 11.5. The highest BCUT2D eigenvalue weighted by Crippen LogP contribution is 2.33. The van der Waals surface area contributed by atoms with Gasteiger partial charge in [-0.25, -0.2) is 23.8 Å². The molecular weight excluding hydrogens is 529 g/mol. The van der Waals surface area contributed by atoms with Gasteiger partial charge in [0.15, 0.2) is 40.8 Å². The lowest BCUT2D eigenvalue weighted by atomic mass is 10.0. The Balaban J connectivity index is 1.67. The molecule has 0 fully saturated rings. The molecule has 1 atom stereocenters. The first-order valence-electron chi connectivity index (χ1n) is 11.5. The third kappa shape index (κ3) is 7.15. The lowest BCUT2D eigenvalue weighted by molar-refractivity contribution is -0.140. The van der Waals surface area contributed by atoms with Crippen LogP contribution in [0.5, 0.6) is 11.5 Å². The summed E-state index contributed by atoms with van der Waals surface area (Å²) in [6, 6.07) is 1.25. The zero-order valence-corrected chi connectivity index (χ0v) is 21.1. The summed E-state index contributed by atoms with van der Waals surface area (Å²) in [4.78, 5) is 32.6. The number of halogens is 5. The van der Waals surface area contributed by atoms with Crippen LogP contribution in [0.15, 0.2) is 35.7 Å². The molecule has 0 aliphatic heterocycles. The highest BCUT2D eigenvalue weighted by molar-refractivity contribution is 5.84. The van der Waals surface area contributed by atoms with E-state index >= 15 is 0 Å². The number of nitrogens with zero attached hydrogens (tertiary/aromatic N) is 4. The van der Waals surface area contributed by atoms with Gasteiger partial charge in [0.05, 0.1) is 42.9 Å². The number of ether oxygens (including phenoxy) is 2. The number of aldehydes is 1. The third-order valence-electron chi connectivity index (χ3n) is 5.56. The lowest BCUT2D eigenvalue weighted by Gasteiger charge is -2.19. The molecule has 3 aromatic rings. The second-order valence-corrected chi connectivity index (χ2v) is 8.42. The van der Waals surface area contributed by atoms with Crippen molar-refractivity contribution in [2.45, 2.75) is 32.0 Å². The number of hydrogen-bond donors (Lipinski definition) is 1. The Hall–Kier alpha value is -4.36. The van der Waals surface area contributed by atoms with Crippen molar-refractivity contribution in [3.8, 4) is 22.9 Å². The molecule has 0 saturated heterocycles. The van der Waals surface area contributed by atoms with Gasteiger partial charge in [-0.05, 0) is 43.7 Å². The molecule has 2 aromatic heterocycles. The molecule has 0 amide bonds. The molecule has 0 saturated carbocycles. The summed E-state index contributed by atoms with van der Waals surface area (Å²) in [6.07, 6.45) is 1.73. The van der Waals surface area contributed by atoms with Crippen molar-refractivity contribution in [1.29, 1.82) is 0 Å². The van der Waals surface area contributed by atoms with Gasteiger partial charge in [0, 0.05) is 13.6 Å². The van der Waals surface area contributed by atoms with E-state index in [1.54, 1.807) is 24.0 Å². The average molecular weight is 553 g/mol. The summed E-state index contributed by atoms with van der Waals surface area (Å²) in [6.45, 7) is 1.95. The highest BCUT2D eigenvalue weighted by Gasteiger charge is 2.38. The van der Waals surface area contributed by atoms with Crippen molar-refractivity contribution >= 4 is 12.4 Å². The molecule has 2 heterocycles. The second kappa shape index (κ2) is 12.5. The largest absolute Gasteiger partial charge is 0.494 e. The number of carbonyl (C=O) groups is 1. The molecule has 0 aliphatic carbocycles. The van der Waals surface area contributed by atoms with Crippen LogP contribution in [0.25, 0.3) is 17.5 Å². The predicted molar refractivity (Wildman–Crippen MR) is 130 cm³/mol. The fourth-order valence-electron chi connectivity index (χ4n) is 3.57. The number of alkyl halides is 3. The van der Waals surface area contributed by atoms with E-state index in [4.69, 9.17) is 9.47 Å². The zero-order chi connectivity index (χ0) is 28.7. The Kier molecular flexibility index (Phi) is 9.33. The summed E-state index contributed by atoms with van der Waals surface area (Å²) in [5.41, 5.74) is -3.50. The van der Waals surface area contributed by atoms with Crippen LogP contribution < -0.4 is 15.0 Å². The quantitative estimate of drug-likeness (QED) is 0.273. The van der Waals surface area contributed by atoms with Crippen molar-refractivity contribution in [2.24, 2.45) is 0 Å². The SMILES string of the molecule is COc1cnc(-c2cc(/C=C\N(C)CCCC(C)Oc3cn[nH]c(=O)c3C(F)(F)F)c(C=O)c(F)c2F)nc1. The van der Waals surface area contributed by atoms with Gasteiger partial charge < -0.3 is 14.4 Å². The van der Waals surface area contributed by atoms with E-state index < -0.39 is 46.4 Å². The molecule has 3 rings (SSSR count). The molecule has 1 unspecified atom stereocenters. The summed E-state index contributed by atoms with van der Waals surface area (Å²) in [5.74, 6) is -3.07. The fourth-order valence-corrected chi connectivity index (χ4v) is 3.57. The van der Waals surface area contributed by atoms with E-state index in [0.717, 1.165) is 6.20 Å². The number of carbonyl (C=O) groups excluding carboxylic acids is 1. The van der Waals surface area contributed by atoms with E-state index in [9.17, 15) is 31.5 Å². The molecule has 0 aliphatic rings. The van der Waals surface area contributed by atoms with Crippen molar-refractivity contribution in [3.63, 3.8) is 0 Å². The molecule has 208 valence electrons. The summed E-state index contributed by atoms with van der Waals surface area (Å²) >= 11 is 0. The van der Waals surface area contributed by atoms with Gasteiger partial charge in [-0.15, -0.1) is 0 Å². The zero-order valence-electron chi connectivity index (χ0n) is 21.1. The van der Waals surface area contributed by atoms with Crippen molar-refractivity contribution in [1.82, 2.24) is 25.1 Å². The lowest BCUT2D eigenvalue weighted by Crippen LogP contribution is -2.26. The van der Waals surface area contributed by atoms with Crippen molar-refractivity contribution in [2.75, 3.05) is 20.7 Å². The summed E-state index contributed by atoms with van der Waals surface area (Å²) < 4.78 is 79.1. The minimum absolute atomic E-state index is 0.0864. The fraction of sp³-hybridized carbons (Fsp3) is 0.320. The Labute approximate surface area is 219 Å².